The van der Waals surface area contributed by atoms with Crippen LogP contribution >= 0.6 is 0 Å². The van der Waals surface area contributed by atoms with Crippen molar-refractivity contribution in [3.63, 3.8) is 0 Å². The summed E-state index contributed by atoms with van der Waals surface area (Å²) in [5.41, 5.74) is 2.50. The van der Waals surface area contributed by atoms with Gasteiger partial charge in [0.25, 0.3) is 5.56 Å². The fourth-order valence-electron chi connectivity index (χ4n) is 3.50. The lowest BCUT2D eigenvalue weighted by molar-refractivity contribution is -0.136. The van der Waals surface area contributed by atoms with Crippen LogP contribution < -0.4 is 10.3 Å². The van der Waals surface area contributed by atoms with Crippen LogP contribution in [0.3, 0.4) is 0 Å². The lowest BCUT2D eigenvalue weighted by atomic mass is 9.95. The van der Waals surface area contributed by atoms with E-state index in [9.17, 15) is 14.7 Å². The van der Waals surface area contributed by atoms with Crippen molar-refractivity contribution in [1.29, 1.82) is 0 Å². The highest BCUT2D eigenvalue weighted by molar-refractivity contribution is 5.80. The molecule has 2 aromatic rings. The van der Waals surface area contributed by atoms with Crippen LogP contribution in [0.25, 0.3) is 0 Å². The maximum absolute atomic E-state index is 12.8. The van der Waals surface area contributed by atoms with Crippen molar-refractivity contribution in [3.05, 3.63) is 45.4 Å². The molecule has 0 aliphatic carbocycles. The summed E-state index contributed by atoms with van der Waals surface area (Å²) in [6.45, 7) is 1.46. The number of hydrogen-bond donors (Lipinski definition) is 3. The molecule has 0 saturated carbocycles. The first kappa shape index (κ1) is 14.9. The van der Waals surface area contributed by atoms with E-state index in [-0.39, 0.29) is 23.1 Å². The summed E-state index contributed by atoms with van der Waals surface area (Å²) in [5, 5.41) is 15.0. The van der Waals surface area contributed by atoms with Crippen molar-refractivity contribution in [2.24, 2.45) is 5.92 Å². The summed E-state index contributed by atoms with van der Waals surface area (Å²) in [6.07, 6.45) is 1.83. The van der Waals surface area contributed by atoms with Crippen molar-refractivity contribution in [3.8, 4) is 11.5 Å². The van der Waals surface area contributed by atoms with E-state index in [1.54, 1.807) is 18.2 Å². The van der Waals surface area contributed by atoms with Gasteiger partial charge in [0, 0.05) is 36.8 Å². The smallest absolute Gasteiger partial charge is 0.267 e. The number of carbonyl (C=O) groups is 1. The molecule has 7 heteroatoms. The second-order valence-electron chi connectivity index (χ2n) is 6.37. The minimum absolute atomic E-state index is 0.0651. The lowest BCUT2D eigenvalue weighted by Crippen LogP contribution is -2.42. The Bertz CT molecular complexity index is 839. The molecule has 1 unspecified atom stereocenters. The molecule has 24 heavy (non-hydrogen) atoms. The van der Waals surface area contributed by atoms with Gasteiger partial charge in [-0.1, -0.05) is 6.07 Å². The summed E-state index contributed by atoms with van der Waals surface area (Å²) in [7, 11) is 0. The number of fused-ring (bicyclic) bond motifs is 2. The van der Waals surface area contributed by atoms with E-state index < -0.39 is 0 Å². The molecule has 2 aliphatic heterocycles. The zero-order chi connectivity index (χ0) is 16.7. The fraction of sp³-hybridized carbons (Fsp3) is 0.412. The van der Waals surface area contributed by atoms with Crippen LogP contribution in [-0.2, 0) is 24.1 Å². The van der Waals surface area contributed by atoms with E-state index in [1.807, 2.05) is 4.90 Å². The summed E-state index contributed by atoms with van der Waals surface area (Å²) < 4.78 is 5.66. The Morgan fingerprint density at radius 1 is 1.25 bits per heavy atom. The highest BCUT2D eigenvalue weighted by Gasteiger charge is 2.31. The van der Waals surface area contributed by atoms with Gasteiger partial charge in [-0.05, 0) is 24.5 Å². The number of ether oxygens (including phenoxy) is 1. The number of hydrogen-bond acceptors (Lipinski definition) is 4. The van der Waals surface area contributed by atoms with E-state index in [2.05, 4.69) is 10.2 Å². The summed E-state index contributed by atoms with van der Waals surface area (Å²) in [5.74, 6) is 0.654. The second kappa shape index (κ2) is 5.74. The number of aromatic hydroxyl groups is 1. The molecular weight excluding hydrogens is 310 g/mol. The van der Waals surface area contributed by atoms with Crippen molar-refractivity contribution in [2.45, 2.75) is 19.3 Å². The summed E-state index contributed by atoms with van der Waals surface area (Å²) in [4.78, 5) is 26.4. The topological polar surface area (TPSA) is 98.4 Å². The van der Waals surface area contributed by atoms with Gasteiger partial charge >= 0.3 is 0 Å². The van der Waals surface area contributed by atoms with Crippen LogP contribution in [-0.4, -0.2) is 45.8 Å². The normalized spacial score (nSPS) is 19.8. The average molecular weight is 329 g/mol. The molecule has 1 aromatic heterocycles. The van der Waals surface area contributed by atoms with Gasteiger partial charge in [-0.15, -0.1) is 0 Å². The molecule has 0 saturated heterocycles. The Labute approximate surface area is 138 Å². The van der Waals surface area contributed by atoms with Gasteiger partial charge in [-0.3, -0.25) is 14.7 Å². The molecule has 1 atom stereocenters. The molecule has 0 spiro atoms. The molecule has 7 nitrogen and oxygen atoms in total. The summed E-state index contributed by atoms with van der Waals surface area (Å²) >= 11 is 0. The molecule has 0 radical (unpaired) electrons. The number of nitrogens with one attached hydrogen (secondary N) is 2. The molecule has 126 valence electrons. The number of rotatable bonds is 1. The van der Waals surface area contributed by atoms with Crippen molar-refractivity contribution in [1.82, 2.24) is 15.1 Å². The predicted molar refractivity (Wildman–Crippen MR) is 86.2 cm³/mol. The third-order valence-electron chi connectivity index (χ3n) is 4.85. The SMILES string of the molecule is O=C(C1COc2cc(O)ccc2C1)N1CCc2[nH][nH]c(=O)c2CC1. The molecular formula is C17H19N3O4. The first-order valence-corrected chi connectivity index (χ1v) is 8.13. The molecule has 4 rings (SSSR count). The Hall–Kier alpha value is -2.70. The third kappa shape index (κ3) is 2.55. The zero-order valence-corrected chi connectivity index (χ0v) is 13.2. The number of benzene rings is 1. The van der Waals surface area contributed by atoms with Gasteiger partial charge in [0.15, 0.2) is 0 Å². The highest BCUT2D eigenvalue weighted by Crippen LogP contribution is 2.31. The van der Waals surface area contributed by atoms with Crippen LogP contribution in [0.2, 0.25) is 0 Å². The van der Waals surface area contributed by atoms with Gasteiger partial charge in [0.1, 0.15) is 18.1 Å². The van der Waals surface area contributed by atoms with Crippen molar-refractivity contribution >= 4 is 5.91 Å². The number of amides is 1. The molecule has 3 N–H and O–H groups in total. The van der Waals surface area contributed by atoms with Crippen LogP contribution in [0.4, 0.5) is 0 Å². The molecule has 3 heterocycles. The monoisotopic (exact) mass is 329 g/mol. The average Bonchev–Trinajstić information content (AvgIpc) is 2.81. The van der Waals surface area contributed by atoms with Gasteiger partial charge < -0.3 is 19.8 Å². The van der Waals surface area contributed by atoms with Crippen molar-refractivity contribution in [2.75, 3.05) is 19.7 Å². The first-order chi connectivity index (χ1) is 11.6. The fourth-order valence-corrected chi connectivity index (χ4v) is 3.50. The van der Waals surface area contributed by atoms with E-state index in [4.69, 9.17) is 4.74 Å². The molecule has 2 aliphatic rings. The highest BCUT2D eigenvalue weighted by atomic mass is 16.5. The van der Waals surface area contributed by atoms with Crippen LogP contribution in [0.1, 0.15) is 16.8 Å². The standard InChI is InChI=1S/C17H19N3O4/c21-12-2-1-10-7-11(9-24-15(10)8-12)17(23)20-5-3-13-14(4-6-20)18-19-16(13)22/h1-2,8,11,21H,3-7,9H2,(H2,18,19,22). The molecule has 0 fully saturated rings. The molecule has 1 amide bonds. The number of aromatic nitrogens is 2. The summed E-state index contributed by atoms with van der Waals surface area (Å²) in [6, 6.07) is 5.00. The quantitative estimate of drug-likeness (QED) is 0.713. The van der Waals surface area contributed by atoms with E-state index in [0.717, 1.165) is 16.8 Å². The largest absolute Gasteiger partial charge is 0.508 e. The van der Waals surface area contributed by atoms with Gasteiger partial charge in [0.05, 0.1) is 5.92 Å². The Kier molecular flexibility index (Phi) is 3.55. The maximum atomic E-state index is 12.8. The number of H-pyrrole nitrogens is 2. The number of phenols is 1. The first-order valence-electron chi connectivity index (χ1n) is 8.13. The zero-order valence-electron chi connectivity index (χ0n) is 13.2. The minimum atomic E-state index is -0.225. The van der Waals surface area contributed by atoms with Gasteiger partial charge in [-0.2, -0.15) is 0 Å². The number of carbonyl (C=O) groups excluding carboxylic acids is 1. The van der Waals surface area contributed by atoms with Crippen molar-refractivity contribution < 1.29 is 14.6 Å². The van der Waals surface area contributed by atoms with Crippen LogP contribution in [0.15, 0.2) is 23.0 Å². The van der Waals surface area contributed by atoms with Gasteiger partial charge in [-0.25, -0.2) is 0 Å². The second-order valence-corrected chi connectivity index (χ2v) is 6.37. The van der Waals surface area contributed by atoms with Crippen LogP contribution in [0.5, 0.6) is 11.5 Å². The minimum Gasteiger partial charge on any atom is -0.508 e. The van der Waals surface area contributed by atoms with E-state index in [1.165, 1.54) is 0 Å². The Morgan fingerprint density at radius 2 is 2.08 bits per heavy atom. The molecule has 0 bridgehead atoms. The predicted octanol–water partition coefficient (Wildman–Crippen LogP) is 0.587. The number of aromatic amines is 2. The molecule has 1 aromatic carbocycles. The van der Waals surface area contributed by atoms with E-state index >= 15 is 0 Å². The Morgan fingerprint density at radius 3 is 2.96 bits per heavy atom. The van der Waals surface area contributed by atoms with Crippen LogP contribution in [0, 0.1) is 5.92 Å². The maximum Gasteiger partial charge on any atom is 0.267 e. The van der Waals surface area contributed by atoms with Gasteiger partial charge in [0.2, 0.25) is 5.91 Å². The third-order valence-corrected chi connectivity index (χ3v) is 4.85. The lowest BCUT2D eigenvalue weighted by Gasteiger charge is -2.29. The number of phenolic OH excluding ortho intramolecular Hbond substituents is 1. The number of nitrogens with zero attached hydrogens (tertiary/aromatic N) is 1. The van der Waals surface area contributed by atoms with E-state index in [0.29, 0.717) is 44.7 Å². The Balaban J connectivity index is 1.47.